The SMILES string of the molecule is C=CC(=O)OCC.CCCC(=O)OCC.CCOC(=O)C1CC(CC)(C(=O)OCC)CCC1=O.O=C=O.O=C=O.[H-].[Na+]. The van der Waals surface area contributed by atoms with Crippen LogP contribution in [0.1, 0.15) is 81.5 Å². The van der Waals surface area contributed by atoms with Gasteiger partial charge in [0.05, 0.1) is 31.8 Å². The predicted molar refractivity (Wildman–Crippen MR) is 138 cm³/mol. The summed E-state index contributed by atoms with van der Waals surface area (Å²) in [6, 6.07) is 0. The summed E-state index contributed by atoms with van der Waals surface area (Å²) in [7, 11) is 0. The molecule has 0 radical (unpaired) electrons. The second-order valence-electron chi connectivity index (χ2n) is 7.51. The maximum Gasteiger partial charge on any atom is 1.00 e. The standard InChI is InChI=1S/C14H22O5.C6H12O2.C5H8O2.2CO2.Na.H/c1-4-14(13(17)19-6-3)8-7-11(15)10(9-14)12(16)18-5-2;1-3-5-6(7)8-4-2;1-3-5(6)7-4-2;2*2-1-3;;/h10H,4-9H2,1-3H3;3-5H2,1-2H3;3H,1,4H2,2H3;;;;/q;;;;;+1;-1. The van der Waals surface area contributed by atoms with Crippen LogP contribution >= 0.6 is 0 Å². The molecule has 14 heteroatoms. The molecule has 1 saturated carbocycles. The van der Waals surface area contributed by atoms with Crippen LogP contribution in [-0.2, 0) is 62.1 Å². The number of ketones is 1. The van der Waals surface area contributed by atoms with Gasteiger partial charge in [-0.2, -0.15) is 19.2 Å². The number of rotatable bonds is 10. The Bertz CT molecular complexity index is 816. The van der Waals surface area contributed by atoms with Gasteiger partial charge in [0.2, 0.25) is 0 Å². The molecule has 0 N–H and O–H groups in total. The summed E-state index contributed by atoms with van der Waals surface area (Å²) in [5.41, 5.74) is -0.721. The Morgan fingerprint density at radius 1 is 0.878 bits per heavy atom. The molecule has 2 unspecified atom stereocenters. The van der Waals surface area contributed by atoms with Crippen LogP contribution in [0.5, 0.6) is 0 Å². The van der Waals surface area contributed by atoms with E-state index in [0.717, 1.165) is 12.5 Å². The molecular weight excluding hydrogens is 555 g/mol. The van der Waals surface area contributed by atoms with Gasteiger partial charge in [-0.15, -0.1) is 0 Å². The Morgan fingerprint density at radius 2 is 1.34 bits per heavy atom. The number of hydrogen-bond acceptors (Lipinski definition) is 13. The van der Waals surface area contributed by atoms with Crippen molar-refractivity contribution in [3.8, 4) is 0 Å². The summed E-state index contributed by atoms with van der Waals surface area (Å²) in [4.78, 5) is 88.7. The van der Waals surface area contributed by atoms with Crippen molar-refractivity contribution < 1.29 is 93.1 Å². The molecule has 0 amide bonds. The van der Waals surface area contributed by atoms with E-state index >= 15 is 0 Å². The third kappa shape index (κ3) is 25.7. The van der Waals surface area contributed by atoms with E-state index in [1.807, 2.05) is 20.8 Å². The average Bonchev–Trinajstić information content (AvgIpc) is 2.91. The van der Waals surface area contributed by atoms with Gasteiger partial charge < -0.3 is 20.4 Å². The first-order valence-corrected chi connectivity index (χ1v) is 12.8. The minimum Gasteiger partial charge on any atom is -1.00 e. The van der Waals surface area contributed by atoms with Gasteiger partial charge in [-0.3, -0.25) is 19.2 Å². The third-order valence-electron chi connectivity index (χ3n) is 5.00. The Labute approximate surface area is 264 Å². The summed E-state index contributed by atoms with van der Waals surface area (Å²) in [5.74, 6) is -2.23. The average molecular weight is 599 g/mol. The zero-order valence-corrected chi connectivity index (χ0v) is 27.2. The maximum absolute atomic E-state index is 12.1. The van der Waals surface area contributed by atoms with Crippen LogP contribution in [0.4, 0.5) is 0 Å². The van der Waals surface area contributed by atoms with Gasteiger partial charge in [0.15, 0.2) is 0 Å². The van der Waals surface area contributed by atoms with E-state index in [1.165, 1.54) is 0 Å². The summed E-state index contributed by atoms with van der Waals surface area (Å²) in [5, 5.41) is 0. The van der Waals surface area contributed by atoms with E-state index in [-0.39, 0.29) is 86.4 Å². The van der Waals surface area contributed by atoms with Crippen molar-refractivity contribution in [2.45, 2.75) is 80.1 Å². The fourth-order valence-corrected chi connectivity index (χ4v) is 3.17. The number of hydrogen-bond donors (Lipinski definition) is 0. The molecule has 0 aromatic rings. The van der Waals surface area contributed by atoms with Gasteiger partial charge in [0, 0.05) is 18.9 Å². The first-order chi connectivity index (χ1) is 18.9. The van der Waals surface area contributed by atoms with Crippen molar-refractivity contribution in [2.75, 3.05) is 26.4 Å². The first kappa shape index (κ1) is 47.8. The summed E-state index contributed by atoms with van der Waals surface area (Å²) in [6.45, 7) is 15.5. The number of ether oxygens (including phenoxy) is 4. The molecule has 230 valence electrons. The number of esters is 4. The van der Waals surface area contributed by atoms with E-state index in [4.69, 9.17) is 28.7 Å². The molecule has 0 aromatic carbocycles. The fourth-order valence-electron chi connectivity index (χ4n) is 3.17. The Morgan fingerprint density at radius 3 is 1.68 bits per heavy atom. The predicted octanol–water partition coefficient (Wildman–Crippen LogP) is -0.0872. The van der Waals surface area contributed by atoms with Crippen LogP contribution in [0.25, 0.3) is 0 Å². The molecule has 2 atom stereocenters. The topological polar surface area (TPSA) is 191 Å². The maximum atomic E-state index is 12.1. The number of Topliss-reactive ketones (excluding diaryl/α,β-unsaturated/α-hetero) is 1. The van der Waals surface area contributed by atoms with Crippen LogP contribution in [0.2, 0.25) is 0 Å². The molecule has 1 rings (SSSR count). The van der Waals surface area contributed by atoms with Crippen LogP contribution in [0.3, 0.4) is 0 Å². The zero-order chi connectivity index (χ0) is 32.0. The largest absolute Gasteiger partial charge is 1.00 e. The van der Waals surface area contributed by atoms with Gasteiger partial charge in [-0.25, -0.2) is 4.79 Å². The van der Waals surface area contributed by atoms with Crippen molar-refractivity contribution in [1.82, 2.24) is 0 Å². The van der Waals surface area contributed by atoms with Crippen molar-refractivity contribution in [3.63, 3.8) is 0 Å². The van der Waals surface area contributed by atoms with Crippen LogP contribution in [0, 0.1) is 11.3 Å². The quantitative estimate of drug-likeness (QED) is 0.107. The monoisotopic (exact) mass is 598 g/mol. The van der Waals surface area contributed by atoms with Gasteiger partial charge in [0.25, 0.3) is 0 Å². The molecule has 0 saturated heterocycles. The molecule has 0 bridgehead atoms. The molecule has 0 aliphatic heterocycles. The Balaban J connectivity index is -0.000000118. The van der Waals surface area contributed by atoms with Crippen molar-refractivity contribution in [1.29, 1.82) is 0 Å². The van der Waals surface area contributed by atoms with E-state index in [1.54, 1.807) is 20.8 Å². The zero-order valence-electron chi connectivity index (χ0n) is 26.2. The third-order valence-corrected chi connectivity index (χ3v) is 5.00. The van der Waals surface area contributed by atoms with Crippen molar-refractivity contribution in [2.24, 2.45) is 11.3 Å². The van der Waals surface area contributed by atoms with Gasteiger partial charge in [-0.1, -0.05) is 20.4 Å². The minimum atomic E-state index is -0.821. The molecule has 0 heterocycles. The summed E-state index contributed by atoms with van der Waals surface area (Å²) in [6.07, 6.45) is 4.53. The molecule has 1 aliphatic rings. The Kier molecular flexibility index (Phi) is 38.8. The first-order valence-electron chi connectivity index (χ1n) is 12.8. The van der Waals surface area contributed by atoms with Crippen LogP contribution in [0.15, 0.2) is 12.7 Å². The van der Waals surface area contributed by atoms with Gasteiger partial charge in [0.1, 0.15) is 11.7 Å². The van der Waals surface area contributed by atoms with Gasteiger partial charge in [-0.05, 0) is 53.4 Å². The molecule has 0 aromatic heterocycles. The van der Waals surface area contributed by atoms with E-state index in [2.05, 4.69) is 16.1 Å². The molecule has 1 aliphatic carbocycles. The summed E-state index contributed by atoms with van der Waals surface area (Å²) >= 11 is 0. The van der Waals surface area contributed by atoms with E-state index in [0.29, 0.717) is 39.1 Å². The second kappa shape index (κ2) is 33.3. The van der Waals surface area contributed by atoms with Crippen molar-refractivity contribution >= 4 is 42.0 Å². The molecule has 13 nitrogen and oxygen atoms in total. The minimum absolute atomic E-state index is 0. The van der Waals surface area contributed by atoms with Crippen LogP contribution in [-0.4, -0.2) is 68.4 Å². The number of carbonyl (C=O) groups is 5. The number of carbonyl (C=O) groups excluding carboxylic acids is 9. The van der Waals surface area contributed by atoms with Crippen molar-refractivity contribution in [3.05, 3.63) is 12.7 Å². The second-order valence-corrected chi connectivity index (χ2v) is 7.51. The molecule has 1 fully saturated rings. The van der Waals surface area contributed by atoms with E-state index < -0.39 is 17.3 Å². The normalized spacial score (nSPS) is 15.9. The Hall–Kier alpha value is -2.95. The smallest absolute Gasteiger partial charge is 1.00 e. The summed E-state index contributed by atoms with van der Waals surface area (Å²) < 4.78 is 19.1. The van der Waals surface area contributed by atoms with E-state index in [9.17, 15) is 24.0 Å². The molecule has 0 spiro atoms. The molecule has 41 heavy (non-hydrogen) atoms. The molecular formula is C27H43NaO13. The van der Waals surface area contributed by atoms with Crippen LogP contribution < -0.4 is 29.6 Å². The van der Waals surface area contributed by atoms with Gasteiger partial charge >= 0.3 is 65.7 Å². The fraction of sp³-hybridized carbons (Fsp3) is 0.667.